The van der Waals surface area contributed by atoms with Gasteiger partial charge in [-0.25, -0.2) is 0 Å². The number of rotatable bonds is 5. The first kappa shape index (κ1) is 15.7. The van der Waals surface area contributed by atoms with Crippen LogP contribution in [-0.4, -0.2) is 26.9 Å². The van der Waals surface area contributed by atoms with Gasteiger partial charge in [-0.05, 0) is 49.2 Å². The van der Waals surface area contributed by atoms with Crippen molar-refractivity contribution in [3.8, 4) is 17.2 Å². The molecular weight excluding hydrogens is 290 g/mol. The van der Waals surface area contributed by atoms with Crippen molar-refractivity contribution in [1.82, 2.24) is 0 Å². The van der Waals surface area contributed by atoms with E-state index >= 15 is 0 Å². The van der Waals surface area contributed by atoms with E-state index in [0.717, 1.165) is 29.2 Å². The van der Waals surface area contributed by atoms with E-state index < -0.39 is 0 Å². The lowest BCUT2D eigenvalue weighted by molar-refractivity contribution is 0.171. The van der Waals surface area contributed by atoms with E-state index in [1.54, 1.807) is 7.11 Å². The molecule has 1 aliphatic rings. The Morgan fingerprint density at radius 3 is 2.61 bits per heavy atom. The van der Waals surface area contributed by atoms with Crippen LogP contribution in [0.3, 0.4) is 0 Å². The van der Waals surface area contributed by atoms with E-state index in [1.165, 1.54) is 11.1 Å². The second-order valence-electron chi connectivity index (χ2n) is 5.86. The van der Waals surface area contributed by atoms with Crippen molar-refractivity contribution in [2.45, 2.75) is 19.3 Å². The molecule has 4 nitrogen and oxygen atoms in total. The van der Waals surface area contributed by atoms with E-state index in [1.807, 2.05) is 12.1 Å². The van der Waals surface area contributed by atoms with E-state index in [4.69, 9.17) is 19.9 Å². The Morgan fingerprint density at radius 2 is 1.87 bits per heavy atom. The van der Waals surface area contributed by atoms with Crippen LogP contribution in [0.25, 0.3) is 0 Å². The van der Waals surface area contributed by atoms with Crippen LogP contribution in [0.2, 0.25) is 0 Å². The largest absolute Gasteiger partial charge is 0.496 e. The predicted octanol–water partition coefficient (Wildman–Crippen LogP) is 3.06. The SMILES string of the molecule is COc1ccc(C)cc1C(CN)Cc1ccc2c(c1)OCCO2. The average molecular weight is 313 g/mol. The summed E-state index contributed by atoms with van der Waals surface area (Å²) in [6.45, 7) is 3.86. The molecule has 2 N–H and O–H groups in total. The topological polar surface area (TPSA) is 53.7 Å². The number of benzene rings is 2. The van der Waals surface area contributed by atoms with Crippen molar-refractivity contribution in [2.75, 3.05) is 26.9 Å². The molecule has 0 amide bonds. The lowest BCUT2D eigenvalue weighted by atomic mass is 9.90. The molecule has 0 aliphatic carbocycles. The Balaban J connectivity index is 1.86. The maximum atomic E-state index is 6.05. The van der Waals surface area contributed by atoms with Gasteiger partial charge in [-0.3, -0.25) is 0 Å². The first-order valence-corrected chi connectivity index (χ1v) is 7.94. The van der Waals surface area contributed by atoms with Crippen LogP contribution >= 0.6 is 0 Å². The fourth-order valence-electron chi connectivity index (χ4n) is 2.99. The lowest BCUT2D eigenvalue weighted by Crippen LogP contribution is -2.17. The van der Waals surface area contributed by atoms with Crippen molar-refractivity contribution in [3.63, 3.8) is 0 Å². The molecule has 0 fully saturated rings. The van der Waals surface area contributed by atoms with Gasteiger partial charge in [0, 0.05) is 5.92 Å². The molecule has 0 saturated heterocycles. The monoisotopic (exact) mass is 313 g/mol. The third-order valence-corrected chi connectivity index (χ3v) is 4.20. The van der Waals surface area contributed by atoms with Crippen molar-refractivity contribution in [3.05, 3.63) is 53.1 Å². The van der Waals surface area contributed by atoms with Crippen LogP contribution in [0.15, 0.2) is 36.4 Å². The molecule has 0 bridgehead atoms. The van der Waals surface area contributed by atoms with Crippen molar-refractivity contribution in [2.24, 2.45) is 5.73 Å². The molecule has 1 unspecified atom stereocenters. The summed E-state index contributed by atoms with van der Waals surface area (Å²) in [5.74, 6) is 2.73. The van der Waals surface area contributed by atoms with Gasteiger partial charge < -0.3 is 19.9 Å². The minimum atomic E-state index is 0.201. The van der Waals surface area contributed by atoms with Crippen LogP contribution in [0.5, 0.6) is 17.2 Å². The maximum absolute atomic E-state index is 6.05. The van der Waals surface area contributed by atoms with Gasteiger partial charge in [-0.15, -0.1) is 0 Å². The van der Waals surface area contributed by atoms with Crippen LogP contribution < -0.4 is 19.9 Å². The zero-order chi connectivity index (χ0) is 16.2. The Labute approximate surface area is 137 Å². The third-order valence-electron chi connectivity index (χ3n) is 4.20. The molecule has 23 heavy (non-hydrogen) atoms. The highest BCUT2D eigenvalue weighted by Crippen LogP contribution is 2.34. The summed E-state index contributed by atoms with van der Waals surface area (Å²) in [6, 6.07) is 12.3. The molecule has 2 aromatic rings. The van der Waals surface area contributed by atoms with E-state index in [9.17, 15) is 0 Å². The van der Waals surface area contributed by atoms with Gasteiger partial charge in [-0.1, -0.05) is 23.8 Å². The minimum Gasteiger partial charge on any atom is -0.496 e. The predicted molar refractivity (Wildman–Crippen MR) is 90.7 cm³/mol. The standard InChI is InChI=1S/C19H23NO3/c1-13-3-5-17(21-2)16(9-13)15(12-20)10-14-4-6-18-19(11-14)23-8-7-22-18/h3-6,9,11,15H,7-8,10,12,20H2,1-2H3. The molecule has 1 aliphatic heterocycles. The second-order valence-corrected chi connectivity index (χ2v) is 5.86. The summed E-state index contributed by atoms with van der Waals surface area (Å²) in [5, 5.41) is 0. The molecule has 3 rings (SSSR count). The smallest absolute Gasteiger partial charge is 0.161 e. The summed E-state index contributed by atoms with van der Waals surface area (Å²) in [4.78, 5) is 0. The fourth-order valence-corrected chi connectivity index (χ4v) is 2.99. The van der Waals surface area contributed by atoms with Gasteiger partial charge in [0.15, 0.2) is 11.5 Å². The molecule has 122 valence electrons. The van der Waals surface area contributed by atoms with Crippen LogP contribution in [0, 0.1) is 6.92 Å². The van der Waals surface area contributed by atoms with E-state index in [2.05, 4.69) is 31.2 Å². The average Bonchev–Trinajstić information content (AvgIpc) is 2.59. The summed E-state index contributed by atoms with van der Waals surface area (Å²) in [5.41, 5.74) is 9.61. The van der Waals surface area contributed by atoms with E-state index in [0.29, 0.717) is 19.8 Å². The van der Waals surface area contributed by atoms with Crippen LogP contribution in [0.4, 0.5) is 0 Å². The number of ether oxygens (including phenoxy) is 3. The molecule has 0 spiro atoms. The highest BCUT2D eigenvalue weighted by molar-refractivity contribution is 5.45. The second kappa shape index (κ2) is 6.92. The van der Waals surface area contributed by atoms with Crippen molar-refractivity contribution in [1.29, 1.82) is 0 Å². The first-order chi connectivity index (χ1) is 11.2. The zero-order valence-corrected chi connectivity index (χ0v) is 13.7. The number of hydrogen-bond donors (Lipinski definition) is 1. The summed E-state index contributed by atoms with van der Waals surface area (Å²) < 4.78 is 16.8. The Hall–Kier alpha value is -2.20. The van der Waals surface area contributed by atoms with Gasteiger partial charge >= 0.3 is 0 Å². The Morgan fingerprint density at radius 1 is 1.09 bits per heavy atom. The van der Waals surface area contributed by atoms with Crippen LogP contribution in [-0.2, 0) is 6.42 Å². The number of hydrogen-bond acceptors (Lipinski definition) is 4. The normalized spacial score (nSPS) is 14.4. The number of nitrogens with two attached hydrogens (primary N) is 1. The molecule has 0 radical (unpaired) electrons. The van der Waals surface area contributed by atoms with Gasteiger partial charge in [0.2, 0.25) is 0 Å². The van der Waals surface area contributed by atoms with Crippen LogP contribution in [0.1, 0.15) is 22.6 Å². The highest BCUT2D eigenvalue weighted by atomic mass is 16.6. The molecule has 1 heterocycles. The van der Waals surface area contributed by atoms with Gasteiger partial charge in [-0.2, -0.15) is 0 Å². The highest BCUT2D eigenvalue weighted by Gasteiger charge is 2.18. The molecule has 1 atom stereocenters. The van der Waals surface area contributed by atoms with Crippen molar-refractivity contribution < 1.29 is 14.2 Å². The fraction of sp³-hybridized carbons (Fsp3) is 0.368. The zero-order valence-electron chi connectivity index (χ0n) is 13.7. The Bertz CT molecular complexity index is 684. The number of aryl methyl sites for hydroxylation is 1. The summed E-state index contributed by atoms with van der Waals surface area (Å²) in [6.07, 6.45) is 0.840. The summed E-state index contributed by atoms with van der Waals surface area (Å²) >= 11 is 0. The van der Waals surface area contributed by atoms with Gasteiger partial charge in [0.1, 0.15) is 19.0 Å². The molecule has 0 aromatic heterocycles. The van der Waals surface area contributed by atoms with Crippen molar-refractivity contribution >= 4 is 0 Å². The Kier molecular flexibility index (Phi) is 4.72. The third kappa shape index (κ3) is 3.42. The molecule has 2 aromatic carbocycles. The maximum Gasteiger partial charge on any atom is 0.161 e. The summed E-state index contributed by atoms with van der Waals surface area (Å²) in [7, 11) is 1.70. The molecule has 0 saturated carbocycles. The minimum absolute atomic E-state index is 0.201. The molecule has 4 heteroatoms. The molecular formula is C19H23NO3. The van der Waals surface area contributed by atoms with Gasteiger partial charge in [0.25, 0.3) is 0 Å². The number of methoxy groups -OCH3 is 1. The van der Waals surface area contributed by atoms with Gasteiger partial charge in [0.05, 0.1) is 7.11 Å². The lowest BCUT2D eigenvalue weighted by Gasteiger charge is -2.21. The first-order valence-electron chi connectivity index (χ1n) is 7.94. The van der Waals surface area contributed by atoms with E-state index in [-0.39, 0.29) is 5.92 Å². The quantitative estimate of drug-likeness (QED) is 0.922. The number of fused-ring (bicyclic) bond motifs is 1.